The molecule has 0 rings (SSSR count). The smallest absolute Gasteiger partial charge is 0.335 e. The van der Waals surface area contributed by atoms with Crippen molar-refractivity contribution in [3.05, 3.63) is 23.8 Å². The second kappa shape index (κ2) is 10.4. The number of hydrogen-bond acceptors (Lipinski definition) is 7. The molecule has 0 fully saturated rings. The first kappa shape index (κ1) is 17.5. The molecule has 0 aliphatic carbocycles. The molecule has 0 aliphatic rings. The fourth-order valence-electron chi connectivity index (χ4n) is 1.01. The van der Waals surface area contributed by atoms with Gasteiger partial charge in [-0.3, -0.25) is 0 Å². The van der Waals surface area contributed by atoms with Crippen LogP contribution in [0.4, 0.5) is 0 Å². The SMILES string of the molecule is CCOC(=O)/C=C(/CN=NC/C=C/C(=O)O)C(=O)OC. The topological polar surface area (TPSA) is 115 Å². The summed E-state index contributed by atoms with van der Waals surface area (Å²) in [6, 6.07) is 0. The zero-order chi connectivity index (χ0) is 15.4. The van der Waals surface area contributed by atoms with E-state index in [0.717, 1.165) is 12.2 Å². The Kier molecular flexibility index (Phi) is 9.11. The minimum atomic E-state index is -1.09. The predicted molar refractivity (Wildman–Crippen MR) is 68.1 cm³/mol. The Hall–Kier alpha value is -2.51. The molecule has 0 spiro atoms. The molecule has 0 aromatic heterocycles. The summed E-state index contributed by atoms with van der Waals surface area (Å²) in [6.45, 7) is 1.72. The summed E-state index contributed by atoms with van der Waals surface area (Å²) in [4.78, 5) is 32.8. The van der Waals surface area contributed by atoms with Crippen molar-refractivity contribution in [2.45, 2.75) is 6.92 Å². The standard InChI is InChI=1S/C12H16N2O6/c1-3-20-11(17)7-9(12(18)19-2)8-14-13-6-4-5-10(15)16/h4-5,7H,3,6,8H2,1-2H3,(H,15,16)/b5-4+,9-7-,14-13?. The number of carbonyl (C=O) groups is 3. The van der Waals surface area contributed by atoms with Gasteiger partial charge >= 0.3 is 17.9 Å². The van der Waals surface area contributed by atoms with Gasteiger partial charge < -0.3 is 14.6 Å². The number of esters is 2. The molecule has 0 bridgehead atoms. The maximum Gasteiger partial charge on any atom is 0.335 e. The molecule has 8 nitrogen and oxygen atoms in total. The zero-order valence-electron chi connectivity index (χ0n) is 11.2. The van der Waals surface area contributed by atoms with Gasteiger partial charge in [0.25, 0.3) is 0 Å². The van der Waals surface area contributed by atoms with Crippen LogP contribution in [0.25, 0.3) is 0 Å². The van der Waals surface area contributed by atoms with Crippen LogP contribution in [0.3, 0.4) is 0 Å². The van der Waals surface area contributed by atoms with Crippen LogP contribution in [0.2, 0.25) is 0 Å². The number of rotatable bonds is 8. The minimum absolute atomic E-state index is 0.00286. The summed E-state index contributed by atoms with van der Waals surface area (Å²) >= 11 is 0. The van der Waals surface area contributed by atoms with Gasteiger partial charge in [0.05, 0.1) is 32.4 Å². The number of hydrogen-bond donors (Lipinski definition) is 1. The lowest BCUT2D eigenvalue weighted by atomic mass is 10.2. The van der Waals surface area contributed by atoms with Crippen LogP contribution in [-0.4, -0.2) is 49.8 Å². The van der Waals surface area contributed by atoms with Crippen LogP contribution in [0, 0.1) is 0 Å². The molecule has 0 amide bonds. The second-order valence-electron chi connectivity index (χ2n) is 3.28. The highest BCUT2D eigenvalue weighted by Crippen LogP contribution is 2.00. The predicted octanol–water partition coefficient (Wildman–Crippen LogP) is 0.742. The quantitative estimate of drug-likeness (QED) is 0.399. The van der Waals surface area contributed by atoms with Gasteiger partial charge in [-0.2, -0.15) is 10.2 Å². The number of ether oxygens (including phenoxy) is 2. The van der Waals surface area contributed by atoms with Gasteiger partial charge in [-0.15, -0.1) is 0 Å². The average Bonchev–Trinajstić information content (AvgIpc) is 2.40. The molecule has 8 heteroatoms. The van der Waals surface area contributed by atoms with Crippen LogP contribution >= 0.6 is 0 Å². The van der Waals surface area contributed by atoms with E-state index in [9.17, 15) is 14.4 Å². The molecular weight excluding hydrogens is 268 g/mol. The molecule has 0 aliphatic heterocycles. The Morgan fingerprint density at radius 3 is 2.50 bits per heavy atom. The number of azo groups is 1. The molecule has 1 N–H and O–H groups in total. The van der Waals surface area contributed by atoms with Crippen LogP contribution < -0.4 is 0 Å². The Morgan fingerprint density at radius 1 is 1.25 bits per heavy atom. The number of nitrogens with zero attached hydrogens (tertiary/aromatic N) is 2. The number of carboxylic acid groups (broad SMARTS) is 1. The monoisotopic (exact) mass is 284 g/mol. The van der Waals surface area contributed by atoms with E-state index >= 15 is 0 Å². The fraction of sp³-hybridized carbons (Fsp3) is 0.417. The number of methoxy groups -OCH3 is 1. The summed E-state index contributed by atoms with van der Waals surface area (Å²) in [7, 11) is 1.17. The highest BCUT2D eigenvalue weighted by molar-refractivity contribution is 5.96. The molecule has 0 saturated carbocycles. The van der Waals surface area contributed by atoms with E-state index in [1.54, 1.807) is 6.92 Å². The van der Waals surface area contributed by atoms with Crippen LogP contribution in [-0.2, 0) is 23.9 Å². The van der Waals surface area contributed by atoms with Gasteiger partial charge in [0.15, 0.2) is 0 Å². The number of aliphatic carboxylic acids is 1. The van der Waals surface area contributed by atoms with Crippen LogP contribution in [0.1, 0.15) is 6.92 Å². The lowest BCUT2D eigenvalue weighted by Crippen LogP contribution is -2.11. The molecule has 0 aromatic rings. The highest BCUT2D eigenvalue weighted by Gasteiger charge is 2.11. The van der Waals surface area contributed by atoms with E-state index in [-0.39, 0.29) is 25.3 Å². The summed E-state index contributed by atoms with van der Waals surface area (Å²) in [5, 5.41) is 15.6. The molecular formula is C12H16N2O6. The van der Waals surface area contributed by atoms with Crippen LogP contribution in [0.15, 0.2) is 34.0 Å². The molecule has 0 radical (unpaired) electrons. The van der Waals surface area contributed by atoms with Crippen molar-refractivity contribution < 1.29 is 29.0 Å². The van der Waals surface area contributed by atoms with Crippen molar-refractivity contribution in [1.29, 1.82) is 0 Å². The van der Waals surface area contributed by atoms with E-state index in [4.69, 9.17) is 5.11 Å². The zero-order valence-corrected chi connectivity index (χ0v) is 11.2. The third-order valence-corrected chi connectivity index (χ3v) is 1.81. The van der Waals surface area contributed by atoms with Crippen molar-refractivity contribution in [2.75, 3.05) is 26.8 Å². The van der Waals surface area contributed by atoms with Crippen molar-refractivity contribution in [1.82, 2.24) is 0 Å². The van der Waals surface area contributed by atoms with Crippen molar-refractivity contribution in [3.63, 3.8) is 0 Å². The highest BCUT2D eigenvalue weighted by atomic mass is 16.5. The van der Waals surface area contributed by atoms with Gasteiger partial charge in [-0.25, -0.2) is 14.4 Å². The number of carboxylic acids is 1. The molecule has 0 saturated heterocycles. The Bertz CT molecular complexity index is 439. The first-order valence-electron chi connectivity index (χ1n) is 5.69. The molecule has 110 valence electrons. The summed E-state index contributed by atoms with van der Waals surface area (Å²) in [6.07, 6.45) is 3.20. The fourth-order valence-corrected chi connectivity index (χ4v) is 1.01. The lowest BCUT2D eigenvalue weighted by molar-refractivity contribution is -0.139. The average molecular weight is 284 g/mol. The normalized spacial score (nSPS) is 11.8. The van der Waals surface area contributed by atoms with Gasteiger partial charge in [0, 0.05) is 12.2 Å². The third kappa shape index (κ3) is 8.56. The van der Waals surface area contributed by atoms with E-state index in [1.807, 2.05) is 0 Å². The maximum atomic E-state index is 11.4. The van der Waals surface area contributed by atoms with E-state index in [1.165, 1.54) is 13.2 Å². The van der Waals surface area contributed by atoms with E-state index in [2.05, 4.69) is 19.7 Å². The summed E-state index contributed by atoms with van der Waals surface area (Å²) < 4.78 is 9.16. The van der Waals surface area contributed by atoms with Gasteiger partial charge in [0.2, 0.25) is 0 Å². The Morgan fingerprint density at radius 2 is 1.95 bits per heavy atom. The summed E-state index contributed by atoms with van der Waals surface area (Å²) in [5.41, 5.74) is -0.00286. The molecule has 0 atom stereocenters. The lowest BCUT2D eigenvalue weighted by Gasteiger charge is -2.01. The first-order chi connectivity index (χ1) is 9.51. The van der Waals surface area contributed by atoms with E-state index < -0.39 is 17.9 Å². The second-order valence-corrected chi connectivity index (χ2v) is 3.28. The first-order valence-corrected chi connectivity index (χ1v) is 5.69. The van der Waals surface area contributed by atoms with E-state index in [0.29, 0.717) is 0 Å². The minimum Gasteiger partial charge on any atom is -0.478 e. The summed E-state index contributed by atoms with van der Waals surface area (Å²) in [5.74, 6) is -2.47. The Balaban J connectivity index is 4.52. The van der Waals surface area contributed by atoms with Crippen LogP contribution in [0.5, 0.6) is 0 Å². The molecule has 20 heavy (non-hydrogen) atoms. The van der Waals surface area contributed by atoms with Crippen molar-refractivity contribution >= 4 is 17.9 Å². The molecule has 0 aromatic carbocycles. The maximum absolute atomic E-state index is 11.4. The Labute approximate surface area is 115 Å². The van der Waals surface area contributed by atoms with Gasteiger partial charge in [0.1, 0.15) is 0 Å². The molecule has 0 heterocycles. The largest absolute Gasteiger partial charge is 0.478 e. The van der Waals surface area contributed by atoms with Gasteiger partial charge in [-0.05, 0) is 6.92 Å². The van der Waals surface area contributed by atoms with Crippen molar-refractivity contribution in [3.8, 4) is 0 Å². The number of carbonyl (C=O) groups excluding carboxylic acids is 2. The third-order valence-electron chi connectivity index (χ3n) is 1.81. The van der Waals surface area contributed by atoms with Gasteiger partial charge in [-0.1, -0.05) is 6.08 Å². The van der Waals surface area contributed by atoms with Crippen molar-refractivity contribution in [2.24, 2.45) is 10.2 Å². The molecule has 0 unspecified atom stereocenters.